The molecule has 0 aromatic heterocycles. The van der Waals surface area contributed by atoms with Crippen molar-refractivity contribution >= 4 is 5.91 Å². The van der Waals surface area contributed by atoms with E-state index < -0.39 is 0 Å². The van der Waals surface area contributed by atoms with Gasteiger partial charge in [-0.15, -0.1) is 0 Å². The Hall–Kier alpha value is -2.13. The number of hydrogen-bond donors (Lipinski definition) is 0. The summed E-state index contributed by atoms with van der Waals surface area (Å²) in [4.78, 5) is 17.0. The molecule has 1 heterocycles. The zero-order valence-corrected chi connectivity index (χ0v) is 16.9. The van der Waals surface area contributed by atoms with Gasteiger partial charge in [-0.2, -0.15) is 0 Å². The summed E-state index contributed by atoms with van der Waals surface area (Å²) in [7, 11) is 0. The average Bonchev–Trinajstić information content (AvgIpc) is 2.67. The molecule has 1 saturated heterocycles. The van der Waals surface area contributed by atoms with Crippen molar-refractivity contribution in [3.63, 3.8) is 0 Å². The van der Waals surface area contributed by atoms with Crippen molar-refractivity contribution in [3.05, 3.63) is 71.3 Å². The van der Waals surface area contributed by atoms with Gasteiger partial charge in [-0.1, -0.05) is 75.4 Å². The number of hydrogen-bond acceptors (Lipinski definition) is 2. The Morgan fingerprint density at radius 2 is 1.48 bits per heavy atom. The highest BCUT2D eigenvalue weighted by molar-refractivity contribution is 5.76. The predicted octanol–water partition coefficient (Wildman–Crippen LogP) is 4.26. The lowest BCUT2D eigenvalue weighted by Crippen LogP contribution is -2.48. The minimum Gasteiger partial charge on any atom is -0.340 e. The molecule has 0 N–H and O–H groups in total. The monoisotopic (exact) mass is 364 g/mol. The van der Waals surface area contributed by atoms with Crippen LogP contribution in [0.15, 0.2) is 54.6 Å². The minimum absolute atomic E-state index is 0.199. The SMILES string of the molecule is CC(C)(C)c1ccc(CN2CCN(C(=O)CCc3ccccc3)CC2)cc1. The summed E-state index contributed by atoms with van der Waals surface area (Å²) in [6.07, 6.45) is 1.44. The van der Waals surface area contributed by atoms with Crippen molar-refractivity contribution in [1.82, 2.24) is 9.80 Å². The molecular weight excluding hydrogens is 332 g/mol. The number of piperazine rings is 1. The van der Waals surface area contributed by atoms with E-state index in [1.165, 1.54) is 16.7 Å². The van der Waals surface area contributed by atoms with Crippen LogP contribution in [0.25, 0.3) is 0 Å². The van der Waals surface area contributed by atoms with E-state index in [4.69, 9.17) is 0 Å². The maximum absolute atomic E-state index is 12.5. The fourth-order valence-corrected chi connectivity index (χ4v) is 3.58. The van der Waals surface area contributed by atoms with E-state index >= 15 is 0 Å². The van der Waals surface area contributed by atoms with E-state index in [0.29, 0.717) is 6.42 Å². The molecule has 2 aromatic rings. The number of amides is 1. The van der Waals surface area contributed by atoms with Crippen molar-refractivity contribution in [1.29, 1.82) is 0 Å². The van der Waals surface area contributed by atoms with Gasteiger partial charge < -0.3 is 4.90 Å². The zero-order chi connectivity index (χ0) is 19.3. The Morgan fingerprint density at radius 1 is 0.852 bits per heavy atom. The number of carbonyl (C=O) groups excluding carboxylic acids is 1. The molecule has 0 radical (unpaired) electrons. The number of carbonyl (C=O) groups is 1. The van der Waals surface area contributed by atoms with Gasteiger partial charge in [0.1, 0.15) is 0 Å². The van der Waals surface area contributed by atoms with E-state index in [9.17, 15) is 4.79 Å². The fraction of sp³-hybridized carbons (Fsp3) is 0.458. The van der Waals surface area contributed by atoms with E-state index in [0.717, 1.165) is 39.1 Å². The smallest absolute Gasteiger partial charge is 0.222 e. The first-order valence-corrected chi connectivity index (χ1v) is 10.1. The molecule has 0 atom stereocenters. The summed E-state index contributed by atoms with van der Waals surface area (Å²) >= 11 is 0. The number of benzene rings is 2. The van der Waals surface area contributed by atoms with Gasteiger partial charge in [0.25, 0.3) is 0 Å². The Labute approximate surface area is 164 Å². The fourth-order valence-electron chi connectivity index (χ4n) is 3.58. The third-order valence-electron chi connectivity index (χ3n) is 5.42. The third-order valence-corrected chi connectivity index (χ3v) is 5.42. The molecule has 3 rings (SSSR count). The van der Waals surface area contributed by atoms with Crippen molar-refractivity contribution in [2.75, 3.05) is 26.2 Å². The van der Waals surface area contributed by atoms with Gasteiger partial charge in [-0.3, -0.25) is 9.69 Å². The van der Waals surface area contributed by atoms with E-state index in [-0.39, 0.29) is 11.3 Å². The summed E-state index contributed by atoms with van der Waals surface area (Å²) < 4.78 is 0. The molecule has 3 heteroatoms. The standard InChI is InChI=1S/C24H32N2O/c1-24(2,3)22-12-9-21(10-13-22)19-25-15-17-26(18-16-25)23(27)14-11-20-7-5-4-6-8-20/h4-10,12-13H,11,14-19H2,1-3H3. The molecule has 144 valence electrons. The van der Waals surface area contributed by atoms with Gasteiger partial charge in [0.05, 0.1) is 0 Å². The Kier molecular flexibility index (Phi) is 6.33. The highest BCUT2D eigenvalue weighted by Crippen LogP contribution is 2.22. The molecule has 0 aliphatic carbocycles. The lowest BCUT2D eigenvalue weighted by Gasteiger charge is -2.35. The van der Waals surface area contributed by atoms with Gasteiger partial charge in [-0.05, 0) is 28.5 Å². The molecule has 0 spiro atoms. The van der Waals surface area contributed by atoms with Crippen LogP contribution in [0.2, 0.25) is 0 Å². The third kappa shape index (κ3) is 5.67. The van der Waals surface area contributed by atoms with Gasteiger partial charge in [0, 0.05) is 39.1 Å². The van der Waals surface area contributed by atoms with Crippen LogP contribution < -0.4 is 0 Å². The second kappa shape index (κ2) is 8.71. The average molecular weight is 365 g/mol. The van der Waals surface area contributed by atoms with Gasteiger partial charge >= 0.3 is 0 Å². The number of rotatable bonds is 5. The van der Waals surface area contributed by atoms with Crippen LogP contribution >= 0.6 is 0 Å². The number of nitrogens with zero attached hydrogens (tertiary/aromatic N) is 2. The maximum Gasteiger partial charge on any atom is 0.222 e. The Morgan fingerprint density at radius 3 is 2.07 bits per heavy atom. The molecule has 1 aliphatic rings. The highest BCUT2D eigenvalue weighted by Gasteiger charge is 2.21. The quantitative estimate of drug-likeness (QED) is 0.791. The second-order valence-electron chi connectivity index (χ2n) is 8.59. The van der Waals surface area contributed by atoms with Gasteiger partial charge in [-0.25, -0.2) is 0 Å². The Bertz CT molecular complexity index is 723. The molecule has 1 fully saturated rings. The van der Waals surface area contributed by atoms with E-state index in [1.807, 2.05) is 23.1 Å². The Balaban J connectivity index is 1.44. The van der Waals surface area contributed by atoms with Crippen LogP contribution in [0.5, 0.6) is 0 Å². The summed E-state index contributed by atoms with van der Waals surface area (Å²) in [6, 6.07) is 19.3. The summed E-state index contributed by atoms with van der Waals surface area (Å²) in [5.74, 6) is 0.285. The van der Waals surface area contributed by atoms with Crippen LogP contribution in [0.1, 0.15) is 43.9 Å². The zero-order valence-electron chi connectivity index (χ0n) is 16.9. The lowest BCUT2D eigenvalue weighted by molar-refractivity contribution is -0.133. The molecule has 1 amide bonds. The largest absolute Gasteiger partial charge is 0.340 e. The van der Waals surface area contributed by atoms with Crippen molar-refractivity contribution < 1.29 is 4.79 Å². The lowest BCUT2D eigenvalue weighted by atomic mass is 9.87. The van der Waals surface area contributed by atoms with Crippen LogP contribution in [-0.2, 0) is 23.2 Å². The topological polar surface area (TPSA) is 23.6 Å². The molecule has 0 bridgehead atoms. The van der Waals surface area contributed by atoms with Crippen molar-refractivity contribution in [2.45, 2.75) is 45.6 Å². The van der Waals surface area contributed by atoms with Crippen LogP contribution in [0, 0.1) is 0 Å². The van der Waals surface area contributed by atoms with Crippen LogP contribution in [0.3, 0.4) is 0 Å². The van der Waals surface area contributed by atoms with Crippen molar-refractivity contribution in [3.8, 4) is 0 Å². The maximum atomic E-state index is 12.5. The second-order valence-corrected chi connectivity index (χ2v) is 8.59. The molecule has 3 nitrogen and oxygen atoms in total. The highest BCUT2D eigenvalue weighted by atomic mass is 16.2. The first-order chi connectivity index (χ1) is 12.9. The molecular formula is C24H32N2O. The van der Waals surface area contributed by atoms with E-state index in [1.54, 1.807) is 0 Å². The molecule has 1 aliphatic heterocycles. The summed E-state index contributed by atoms with van der Waals surface area (Å²) in [6.45, 7) is 11.3. The normalized spacial score (nSPS) is 15.7. The molecule has 0 saturated carbocycles. The first-order valence-electron chi connectivity index (χ1n) is 10.1. The first kappa shape index (κ1) is 19.6. The van der Waals surface area contributed by atoms with Gasteiger partial charge in [0.2, 0.25) is 5.91 Å². The van der Waals surface area contributed by atoms with E-state index in [2.05, 4.69) is 62.1 Å². The molecule has 2 aromatic carbocycles. The molecule has 0 unspecified atom stereocenters. The van der Waals surface area contributed by atoms with Crippen LogP contribution in [-0.4, -0.2) is 41.9 Å². The summed E-state index contributed by atoms with van der Waals surface area (Å²) in [5.41, 5.74) is 4.17. The van der Waals surface area contributed by atoms with Crippen LogP contribution in [0.4, 0.5) is 0 Å². The van der Waals surface area contributed by atoms with Gasteiger partial charge in [0.15, 0.2) is 0 Å². The molecule has 27 heavy (non-hydrogen) atoms. The number of aryl methyl sites for hydroxylation is 1. The predicted molar refractivity (Wildman–Crippen MR) is 112 cm³/mol. The van der Waals surface area contributed by atoms with Crippen molar-refractivity contribution in [2.24, 2.45) is 0 Å². The summed E-state index contributed by atoms with van der Waals surface area (Å²) in [5, 5.41) is 0. The minimum atomic E-state index is 0.199.